The summed E-state index contributed by atoms with van der Waals surface area (Å²) in [5.41, 5.74) is 1.61. The highest BCUT2D eigenvalue weighted by Crippen LogP contribution is 2.32. The summed E-state index contributed by atoms with van der Waals surface area (Å²) in [5, 5.41) is 38.4. The van der Waals surface area contributed by atoms with Crippen LogP contribution in [0, 0.1) is 0 Å². The Morgan fingerprint density at radius 2 is 2.08 bits per heavy atom. The van der Waals surface area contributed by atoms with Crippen LogP contribution in [0.25, 0.3) is 11.2 Å². The molecule has 2 aromatic rings. The molecule has 0 saturated carbocycles. The fourth-order valence-electron chi connectivity index (χ4n) is 2.87. The molecule has 10 nitrogen and oxygen atoms in total. The van der Waals surface area contributed by atoms with Crippen LogP contribution < -0.4 is 0 Å². The molecule has 0 radical (unpaired) electrons. The van der Waals surface area contributed by atoms with Crippen LogP contribution in [0.3, 0.4) is 0 Å². The number of aromatic nitrogens is 4. The van der Waals surface area contributed by atoms with Crippen molar-refractivity contribution in [3.63, 3.8) is 0 Å². The van der Waals surface area contributed by atoms with Crippen LogP contribution in [0.5, 0.6) is 0 Å². The summed E-state index contributed by atoms with van der Waals surface area (Å²) in [6, 6.07) is 0. The lowest BCUT2D eigenvalue weighted by atomic mass is 10.1. The van der Waals surface area contributed by atoms with Crippen molar-refractivity contribution in [1.29, 1.82) is 0 Å². The Balaban J connectivity index is 1.87. The molecule has 1 unspecified atom stereocenters. The summed E-state index contributed by atoms with van der Waals surface area (Å²) in [6.45, 7) is 3.20. The molecule has 0 aliphatic carbocycles. The third-order valence-electron chi connectivity index (χ3n) is 4.44. The Morgan fingerprint density at radius 3 is 2.73 bits per heavy atom. The van der Waals surface area contributed by atoms with Gasteiger partial charge in [-0.3, -0.25) is 4.57 Å². The highest BCUT2D eigenvalue weighted by atomic mass is 16.6. The Labute approximate surface area is 149 Å². The quantitative estimate of drug-likeness (QED) is 0.510. The number of aliphatic hydroxyl groups excluding tert-OH is 4. The van der Waals surface area contributed by atoms with Gasteiger partial charge in [-0.15, -0.1) is 0 Å². The fourth-order valence-corrected chi connectivity index (χ4v) is 2.87. The maximum atomic E-state index is 10.2. The molecule has 3 heterocycles. The monoisotopic (exact) mass is 365 g/mol. The lowest BCUT2D eigenvalue weighted by Gasteiger charge is -2.16. The molecule has 4 N–H and O–H groups in total. The topological polar surface area (TPSA) is 146 Å². The van der Waals surface area contributed by atoms with Gasteiger partial charge in [-0.05, 0) is 26.7 Å². The average Bonchev–Trinajstić information content (AvgIpc) is 3.17. The number of fused-ring (bicyclic) bond motifs is 1. The van der Waals surface area contributed by atoms with Crippen LogP contribution in [0.15, 0.2) is 17.6 Å². The van der Waals surface area contributed by atoms with Gasteiger partial charge in [-0.2, -0.15) is 0 Å². The smallest absolute Gasteiger partial charge is 0.183 e. The Morgan fingerprint density at radius 1 is 1.31 bits per heavy atom. The number of aliphatic imine (C=N–C) groups is 1. The Hall–Kier alpha value is -1.98. The summed E-state index contributed by atoms with van der Waals surface area (Å²) in [6.07, 6.45) is -0.445. The molecule has 1 aliphatic rings. The zero-order valence-electron chi connectivity index (χ0n) is 14.6. The first-order chi connectivity index (χ1) is 12.4. The van der Waals surface area contributed by atoms with E-state index in [2.05, 4.69) is 19.9 Å². The predicted octanol–water partition coefficient (Wildman–Crippen LogP) is -0.309. The molecule has 1 fully saturated rings. The van der Waals surface area contributed by atoms with E-state index in [4.69, 9.17) is 9.84 Å². The number of rotatable bonds is 6. The van der Waals surface area contributed by atoms with Crippen molar-refractivity contribution in [2.24, 2.45) is 4.99 Å². The number of hydrogen-bond donors (Lipinski definition) is 4. The van der Waals surface area contributed by atoms with E-state index in [9.17, 15) is 15.3 Å². The molecule has 1 aliphatic heterocycles. The number of hydrogen-bond acceptors (Lipinski definition) is 9. The van der Waals surface area contributed by atoms with E-state index in [0.29, 0.717) is 29.8 Å². The van der Waals surface area contributed by atoms with E-state index < -0.39 is 30.6 Å². The number of aliphatic hydroxyl groups is 4. The molecule has 10 heteroatoms. The third kappa shape index (κ3) is 3.60. The van der Waals surface area contributed by atoms with E-state index in [-0.39, 0.29) is 6.61 Å². The second kappa shape index (κ2) is 7.72. The summed E-state index contributed by atoms with van der Waals surface area (Å²) in [7, 11) is 0. The molecule has 0 spiro atoms. The second-order valence-corrected chi connectivity index (χ2v) is 6.46. The van der Waals surface area contributed by atoms with E-state index in [0.717, 1.165) is 5.71 Å². The SMILES string of the molecule is CC(CCC(O)CO)=Nc1ncnc2c1ncn2[C@@H]1O[C@H](C)[C@@H](O)[C@H]1O. The third-order valence-corrected chi connectivity index (χ3v) is 4.44. The van der Waals surface area contributed by atoms with Gasteiger partial charge < -0.3 is 25.2 Å². The maximum absolute atomic E-state index is 10.2. The summed E-state index contributed by atoms with van der Waals surface area (Å²) in [5.74, 6) is 0.367. The van der Waals surface area contributed by atoms with Crippen LogP contribution in [0.1, 0.15) is 32.9 Å². The lowest BCUT2D eigenvalue weighted by molar-refractivity contribution is -0.0299. The maximum Gasteiger partial charge on any atom is 0.183 e. The van der Waals surface area contributed by atoms with Gasteiger partial charge in [-0.1, -0.05) is 0 Å². The average molecular weight is 365 g/mol. The van der Waals surface area contributed by atoms with Gasteiger partial charge in [0.05, 0.1) is 25.1 Å². The minimum absolute atomic E-state index is 0.288. The van der Waals surface area contributed by atoms with Gasteiger partial charge in [0.1, 0.15) is 18.5 Å². The van der Waals surface area contributed by atoms with Gasteiger partial charge in [0.2, 0.25) is 0 Å². The Bertz CT molecular complexity index is 794. The Kier molecular flexibility index (Phi) is 5.58. The van der Waals surface area contributed by atoms with E-state index >= 15 is 0 Å². The molecule has 5 atom stereocenters. The molecule has 142 valence electrons. The van der Waals surface area contributed by atoms with Crippen LogP contribution in [0.4, 0.5) is 5.82 Å². The highest BCUT2D eigenvalue weighted by molar-refractivity contribution is 5.89. The van der Waals surface area contributed by atoms with Gasteiger partial charge in [0.25, 0.3) is 0 Å². The first-order valence-electron chi connectivity index (χ1n) is 8.44. The normalized spacial score (nSPS) is 28.0. The molecular weight excluding hydrogens is 342 g/mol. The van der Waals surface area contributed by atoms with Crippen LogP contribution in [-0.4, -0.2) is 76.7 Å². The van der Waals surface area contributed by atoms with Crippen molar-refractivity contribution in [2.45, 2.75) is 57.3 Å². The van der Waals surface area contributed by atoms with Crippen molar-refractivity contribution >= 4 is 22.7 Å². The van der Waals surface area contributed by atoms with E-state index in [1.165, 1.54) is 12.7 Å². The summed E-state index contributed by atoms with van der Waals surface area (Å²) < 4.78 is 7.17. The first kappa shape index (κ1) is 18.8. The zero-order chi connectivity index (χ0) is 18.8. The number of ether oxygens (including phenoxy) is 1. The largest absolute Gasteiger partial charge is 0.394 e. The minimum Gasteiger partial charge on any atom is -0.394 e. The van der Waals surface area contributed by atoms with Crippen molar-refractivity contribution in [3.8, 4) is 0 Å². The van der Waals surface area contributed by atoms with Gasteiger partial charge in [0, 0.05) is 5.71 Å². The highest BCUT2D eigenvalue weighted by Gasteiger charge is 2.42. The standard InChI is InChI=1S/C16H23N5O5/c1-8(3-4-10(23)5-22)20-14-11-15(18-6-17-14)21(7-19-11)16-13(25)12(24)9(2)26-16/h6-7,9-10,12-13,16,22-25H,3-5H2,1-2H3/t9-,10?,12-,13-,16-/m1/s1. The minimum atomic E-state index is -1.09. The molecule has 2 aromatic heterocycles. The van der Waals surface area contributed by atoms with Crippen molar-refractivity contribution < 1.29 is 25.2 Å². The summed E-state index contributed by atoms with van der Waals surface area (Å²) >= 11 is 0. The molecule has 3 rings (SSSR count). The zero-order valence-corrected chi connectivity index (χ0v) is 14.6. The molecule has 0 bridgehead atoms. The van der Waals surface area contributed by atoms with E-state index in [1.54, 1.807) is 18.4 Å². The van der Waals surface area contributed by atoms with Gasteiger partial charge in [-0.25, -0.2) is 19.9 Å². The van der Waals surface area contributed by atoms with Crippen molar-refractivity contribution in [2.75, 3.05) is 6.61 Å². The van der Waals surface area contributed by atoms with Crippen LogP contribution in [-0.2, 0) is 4.74 Å². The molecule has 1 saturated heterocycles. The number of nitrogens with zero attached hydrogens (tertiary/aromatic N) is 5. The molecule has 0 aromatic carbocycles. The van der Waals surface area contributed by atoms with Crippen LogP contribution in [0.2, 0.25) is 0 Å². The predicted molar refractivity (Wildman–Crippen MR) is 92.0 cm³/mol. The molecular formula is C16H23N5O5. The van der Waals surface area contributed by atoms with Gasteiger partial charge in [0.15, 0.2) is 23.2 Å². The first-order valence-corrected chi connectivity index (χ1v) is 8.44. The van der Waals surface area contributed by atoms with Gasteiger partial charge >= 0.3 is 0 Å². The number of imidazole rings is 1. The van der Waals surface area contributed by atoms with Crippen LogP contribution >= 0.6 is 0 Å². The second-order valence-electron chi connectivity index (χ2n) is 6.46. The molecule has 26 heavy (non-hydrogen) atoms. The summed E-state index contributed by atoms with van der Waals surface area (Å²) in [4.78, 5) is 17.1. The molecule has 0 amide bonds. The van der Waals surface area contributed by atoms with E-state index in [1.807, 2.05) is 0 Å². The fraction of sp³-hybridized carbons (Fsp3) is 0.625. The van der Waals surface area contributed by atoms with Crippen molar-refractivity contribution in [3.05, 3.63) is 12.7 Å². The van der Waals surface area contributed by atoms with Crippen molar-refractivity contribution in [1.82, 2.24) is 19.5 Å². The lowest BCUT2D eigenvalue weighted by Crippen LogP contribution is -2.30.